The molecule has 0 spiro atoms. The number of sulfonamides is 1. The van der Waals surface area contributed by atoms with Crippen LogP contribution in [0.2, 0.25) is 0 Å². The summed E-state index contributed by atoms with van der Waals surface area (Å²) in [6.07, 6.45) is -3.47. The Kier molecular flexibility index (Phi) is 8.61. The van der Waals surface area contributed by atoms with Crippen molar-refractivity contribution in [2.75, 3.05) is 19.6 Å². The molecule has 1 unspecified atom stereocenters. The lowest BCUT2D eigenvalue weighted by Crippen LogP contribution is -2.43. The number of alkyl halides is 3. The standard InChI is InChI=1S/C32H36F3N3O4S/c1-4-38(25-16-17-37(21-25)20-22-8-6-5-7-9-22)30(39)23-10-15-29-27(18-23)28(19-31(2,3)42-29)36-43(40,41)26-13-11-24(12-14-26)32(33,34)35/h5-15,18,25,28,36H,4,16-17,19-21H2,1-3H3/t25?,28-/m0/s1. The van der Waals surface area contributed by atoms with E-state index in [1.165, 1.54) is 5.56 Å². The van der Waals surface area contributed by atoms with Gasteiger partial charge in [0.15, 0.2) is 0 Å². The molecule has 230 valence electrons. The number of carbonyl (C=O) groups is 1. The van der Waals surface area contributed by atoms with Gasteiger partial charge < -0.3 is 9.64 Å². The number of amides is 1. The van der Waals surface area contributed by atoms with Crippen LogP contribution < -0.4 is 9.46 Å². The van der Waals surface area contributed by atoms with Gasteiger partial charge in [-0.2, -0.15) is 13.2 Å². The zero-order chi connectivity index (χ0) is 31.0. The first-order valence-corrected chi connectivity index (χ1v) is 15.8. The molecule has 1 saturated heterocycles. The van der Waals surface area contributed by atoms with Crippen LogP contribution in [0, 0.1) is 0 Å². The lowest BCUT2D eigenvalue weighted by atomic mass is 9.89. The van der Waals surface area contributed by atoms with Crippen LogP contribution in [-0.2, 0) is 22.7 Å². The van der Waals surface area contributed by atoms with Gasteiger partial charge in [-0.3, -0.25) is 9.69 Å². The smallest absolute Gasteiger partial charge is 0.416 e. The number of fused-ring (bicyclic) bond motifs is 1. The first kappa shape index (κ1) is 31.0. The van der Waals surface area contributed by atoms with Crippen LogP contribution in [0.15, 0.2) is 77.7 Å². The number of rotatable bonds is 8. The predicted molar refractivity (Wildman–Crippen MR) is 157 cm³/mol. The second-order valence-electron chi connectivity index (χ2n) is 11.8. The van der Waals surface area contributed by atoms with Crippen molar-refractivity contribution < 1.29 is 31.1 Å². The summed E-state index contributed by atoms with van der Waals surface area (Å²) in [7, 11) is -4.19. The van der Waals surface area contributed by atoms with Gasteiger partial charge in [0.1, 0.15) is 11.4 Å². The highest BCUT2D eigenvalue weighted by Gasteiger charge is 2.38. The molecule has 1 amide bonds. The van der Waals surface area contributed by atoms with E-state index in [9.17, 15) is 26.4 Å². The zero-order valence-electron chi connectivity index (χ0n) is 24.4. The van der Waals surface area contributed by atoms with E-state index in [-0.39, 0.29) is 23.3 Å². The van der Waals surface area contributed by atoms with E-state index in [0.717, 1.165) is 50.3 Å². The Morgan fingerprint density at radius 2 is 1.77 bits per heavy atom. The number of halogens is 3. The molecule has 5 rings (SSSR count). The summed E-state index contributed by atoms with van der Waals surface area (Å²) in [6.45, 7) is 8.57. The molecule has 2 atom stereocenters. The lowest BCUT2D eigenvalue weighted by Gasteiger charge is -2.38. The third-order valence-electron chi connectivity index (χ3n) is 8.04. The molecule has 43 heavy (non-hydrogen) atoms. The molecule has 0 aliphatic carbocycles. The second kappa shape index (κ2) is 11.9. The number of carbonyl (C=O) groups excluding carboxylic acids is 1. The molecule has 2 aliphatic rings. The van der Waals surface area contributed by atoms with E-state index in [2.05, 4.69) is 21.8 Å². The van der Waals surface area contributed by atoms with E-state index in [1.54, 1.807) is 18.2 Å². The van der Waals surface area contributed by atoms with Crippen LogP contribution in [0.1, 0.15) is 66.7 Å². The molecule has 2 heterocycles. The van der Waals surface area contributed by atoms with Crippen molar-refractivity contribution in [3.63, 3.8) is 0 Å². The monoisotopic (exact) mass is 615 g/mol. The van der Waals surface area contributed by atoms with Crippen molar-refractivity contribution in [3.8, 4) is 5.75 Å². The van der Waals surface area contributed by atoms with Gasteiger partial charge >= 0.3 is 6.18 Å². The summed E-state index contributed by atoms with van der Waals surface area (Å²) in [4.78, 5) is 17.7. The molecular formula is C32H36F3N3O4S. The summed E-state index contributed by atoms with van der Waals surface area (Å²) >= 11 is 0. The normalized spacial score (nSPS) is 20.3. The summed E-state index contributed by atoms with van der Waals surface area (Å²) in [6, 6.07) is 17.9. The molecule has 1 fully saturated rings. The number of nitrogens with zero attached hydrogens (tertiary/aromatic N) is 2. The molecular weight excluding hydrogens is 579 g/mol. The molecule has 11 heteroatoms. The number of nitrogens with one attached hydrogen (secondary N) is 1. The van der Waals surface area contributed by atoms with Gasteiger partial charge in [0, 0.05) is 49.8 Å². The van der Waals surface area contributed by atoms with E-state index in [4.69, 9.17) is 4.74 Å². The van der Waals surface area contributed by atoms with Crippen LogP contribution >= 0.6 is 0 Å². The summed E-state index contributed by atoms with van der Waals surface area (Å²) in [5.74, 6) is 0.303. The maximum absolute atomic E-state index is 13.8. The number of likely N-dealkylation sites (N-methyl/N-ethyl adjacent to an activating group) is 1. The summed E-state index contributed by atoms with van der Waals surface area (Å²) in [5, 5.41) is 0. The Bertz CT molecular complexity index is 1560. The summed E-state index contributed by atoms with van der Waals surface area (Å²) < 4.78 is 74.4. The largest absolute Gasteiger partial charge is 0.487 e. The van der Waals surface area contributed by atoms with Crippen LogP contribution in [-0.4, -0.2) is 55.4 Å². The fraction of sp³-hybridized carbons (Fsp3) is 0.406. The first-order valence-electron chi connectivity index (χ1n) is 14.4. The number of hydrogen-bond acceptors (Lipinski definition) is 5. The lowest BCUT2D eigenvalue weighted by molar-refractivity contribution is -0.137. The molecule has 3 aromatic carbocycles. The minimum atomic E-state index is -4.58. The fourth-order valence-corrected chi connectivity index (χ4v) is 7.17. The Balaban J connectivity index is 1.36. The SMILES string of the molecule is CCN(C(=O)c1ccc2c(c1)[C@@H](NS(=O)(=O)c1ccc(C(F)(F)F)cc1)CC(C)(C)O2)C1CCN(Cc2ccccc2)C1. The van der Waals surface area contributed by atoms with Gasteiger partial charge in [-0.15, -0.1) is 0 Å². The van der Waals surface area contributed by atoms with Crippen molar-refractivity contribution in [1.82, 2.24) is 14.5 Å². The topological polar surface area (TPSA) is 79.0 Å². The van der Waals surface area contributed by atoms with Gasteiger partial charge in [-0.1, -0.05) is 30.3 Å². The minimum Gasteiger partial charge on any atom is -0.487 e. The van der Waals surface area contributed by atoms with Crippen LogP contribution in [0.3, 0.4) is 0 Å². The molecule has 7 nitrogen and oxygen atoms in total. The average Bonchev–Trinajstić information content (AvgIpc) is 3.40. The highest BCUT2D eigenvalue weighted by Crippen LogP contribution is 2.41. The maximum Gasteiger partial charge on any atom is 0.416 e. The van der Waals surface area contributed by atoms with E-state index < -0.39 is 33.4 Å². The third-order valence-corrected chi connectivity index (χ3v) is 9.53. The highest BCUT2D eigenvalue weighted by molar-refractivity contribution is 7.89. The molecule has 0 bridgehead atoms. The number of ether oxygens (including phenoxy) is 1. The number of benzene rings is 3. The molecule has 0 radical (unpaired) electrons. The Labute approximate surface area is 250 Å². The quantitative estimate of drug-likeness (QED) is 0.335. The fourth-order valence-electron chi connectivity index (χ4n) is 5.96. The van der Waals surface area contributed by atoms with E-state index in [1.807, 2.05) is 43.9 Å². The number of likely N-dealkylation sites (tertiary alicyclic amines) is 1. The second-order valence-corrected chi connectivity index (χ2v) is 13.5. The Morgan fingerprint density at radius 3 is 2.42 bits per heavy atom. The van der Waals surface area contributed by atoms with Gasteiger partial charge in [-0.25, -0.2) is 13.1 Å². The van der Waals surface area contributed by atoms with Crippen molar-refractivity contribution in [3.05, 3.63) is 95.1 Å². The van der Waals surface area contributed by atoms with Crippen molar-refractivity contribution in [2.45, 2.75) is 68.9 Å². The molecule has 1 N–H and O–H groups in total. The van der Waals surface area contributed by atoms with Gasteiger partial charge in [0.05, 0.1) is 16.5 Å². The molecule has 2 aliphatic heterocycles. The number of hydrogen-bond donors (Lipinski definition) is 1. The van der Waals surface area contributed by atoms with Crippen LogP contribution in [0.25, 0.3) is 0 Å². The Morgan fingerprint density at radius 1 is 1.07 bits per heavy atom. The predicted octanol–water partition coefficient (Wildman–Crippen LogP) is 6.02. The van der Waals surface area contributed by atoms with Crippen molar-refractivity contribution in [1.29, 1.82) is 0 Å². The first-order chi connectivity index (χ1) is 20.3. The van der Waals surface area contributed by atoms with Crippen LogP contribution in [0.4, 0.5) is 13.2 Å². The highest BCUT2D eigenvalue weighted by atomic mass is 32.2. The molecule has 0 aromatic heterocycles. The third kappa shape index (κ3) is 7.05. The van der Waals surface area contributed by atoms with Gasteiger partial charge in [-0.05, 0) is 75.2 Å². The Hall–Kier alpha value is -3.41. The van der Waals surface area contributed by atoms with Crippen LogP contribution in [0.5, 0.6) is 5.75 Å². The van der Waals surface area contributed by atoms with Crippen molar-refractivity contribution in [2.24, 2.45) is 0 Å². The zero-order valence-corrected chi connectivity index (χ0v) is 25.2. The average molecular weight is 616 g/mol. The van der Waals surface area contributed by atoms with E-state index in [0.29, 0.717) is 23.4 Å². The van der Waals surface area contributed by atoms with Gasteiger partial charge in [0.25, 0.3) is 5.91 Å². The van der Waals surface area contributed by atoms with E-state index >= 15 is 0 Å². The van der Waals surface area contributed by atoms with Gasteiger partial charge in [0.2, 0.25) is 10.0 Å². The molecule has 0 saturated carbocycles. The summed E-state index contributed by atoms with van der Waals surface area (Å²) in [5.41, 5.74) is 0.490. The minimum absolute atomic E-state index is 0.0430. The maximum atomic E-state index is 13.8. The molecule has 3 aromatic rings. The van der Waals surface area contributed by atoms with Crippen molar-refractivity contribution >= 4 is 15.9 Å².